The monoisotopic (exact) mass is 438 g/mol. The van der Waals surface area contributed by atoms with Crippen molar-refractivity contribution in [1.29, 1.82) is 0 Å². The molecule has 30 heavy (non-hydrogen) atoms. The molecule has 1 aliphatic heterocycles. The topological polar surface area (TPSA) is 140 Å². The zero-order valence-corrected chi connectivity index (χ0v) is 17.1. The van der Waals surface area contributed by atoms with Gasteiger partial charge in [0.1, 0.15) is 12.6 Å². The molecule has 0 aliphatic carbocycles. The smallest absolute Gasteiger partial charge is 0.308 e. The number of nitrogens with zero attached hydrogens (tertiary/aromatic N) is 2. The van der Waals surface area contributed by atoms with Crippen LogP contribution in [0.4, 0.5) is 5.69 Å². The number of benzene rings is 1. The number of piperazine rings is 1. The van der Waals surface area contributed by atoms with Gasteiger partial charge in [-0.05, 0) is 25.2 Å². The van der Waals surface area contributed by atoms with Gasteiger partial charge in [-0.25, -0.2) is 0 Å². The van der Waals surface area contributed by atoms with E-state index in [1.165, 1.54) is 23.1 Å². The Hall–Kier alpha value is -3.12. The van der Waals surface area contributed by atoms with Gasteiger partial charge in [-0.15, -0.1) is 0 Å². The number of rotatable bonds is 8. The molecule has 1 aromatic carbocycles. The summed E-state index contributed by atoms with van der Waals surface area (Å²) in [5, 5.41) is 15.9. The minimum absolute atomic E-state index is 0.0416. The Balaban J connectivity index is 2.01. The van der Waals surface area contributed by atoms with Crippen molar-refractivity contribution in [1.82, 2.24) is 15.5 Å². The Bertz CT molecular complexity index is 833. The fraction of sp³-hybridized carbons (Fsp3) is 0.444. The lowest BCUT2D eigenvalue weighted by molar-refractivity contribution is -0.384. The molecule has 1 heterocycles. The van der Waals surface area contributed by atoms with Crippen LogP contribution in [-0.2, 0) is 19.1 Å². The number of carbonyl (C=O) groups excluding carboxylic acids is 3. The van der Waals surface area contributed by atoms with Crippen LogP contribution in [0, 0.1) is 10.1 Å². The second kappa shape index (κ2) is 11.2. The lowest BCUT2D eigenvalue weighted by Crippen LogP contribution is -2.60. The van der Waals surface area contributed by atoms with E-state index in [0.717, 1.165) is 6.07 Å². The number of esters is 1. The van der Waals surface area contributed by atoms with Gasteiger partial charge >= 0.3 is 5.97 Å². The highest BCUT2D eigenvalue weighted by Crippen LogP contribution is 2.14. The van der Waals surface area contributed by atoms with Crippen molar-refractivity contribution in [3.63, 3.8) is 0 Å². The molecular formula is C18H22N4O7S. The summed E-state index contributed by atoms with van der Waals surface area (Å²) >= 11 is 5.25. The first kappa shape index (κ1) is 23.2. The Kier molecular flexibility index (Phi) is 8.62. The van der Waals surface area contributed by atoms with E-state index in [2.05, 4.69) is 10.6 Å². The predicted molar refractivity (Wildman–Crippen MR) is 109 cm³/mol. The molecule has 2 N–H and O–H groups in total. The van der Waals surface area contributed by atoms with Gasteiger partial charge in [0, 0.05) is 37.4 Å². The summed E-state index contributed by atoms with van der Waals surface area (Å²) in [7, 11) is 0. The molecular weight excluding hydrogens is 416 g/mol. The summed E-state index contributed by atoms with van der Waals surface area (Å²) in [5.74, 6) is -1.68. The maximum absolute atomic E-state index is 12.4. The van der Waals surface area contributed by atoms with Crippen LogP contribution < -0.4 is 10.6 Å². The van der Waals surface area contributed by atoms with Crippen molar-refractivity contribution in [3.05, 3.63) is 39.9 Å². The molecule has 2 amide bonds. The number of ether oxygens (including phenoxy) is 2. The number of amides is 2. The highest BCUT2D eigenvalue weighted by molar-refractivity contribution is 7.80. The van der Waals surface area contributed by atoms with Gasteiger partial charge in [0.05, 0.1) is 18.0 Å². The normalized spacial score (nSPS) is 15.8. The minimum Gasteiger partial charge on any atom is -0.463 e. The van der Waals surface area contributed by atoms with Crippen molar-refractivity contribution in [2.45, 2.75) is 19.4 Å². The average molecular weight is 438 g/mol. The van der Waals surface area contributed by atoms with Crippen LogP contribution in [0.3, 0.4) is 0 Å². The summed E-state index contributed by atoms with van der Waals surface area (Å²) < 4.78 is 10.1. The Morgan fingerprint density at radius 3 is 2.87 bits per heavy atom. The fourth-order valence-electron chi connectivity index (χ4n) is 2.74. The molecule has 0 radical (unpaired) electrons. The van der Waals surface area contributed by atoms with Crippen LogP contribution >= 0.6 is 12.2 Å². The summed E-state index contributed by atoms with van der Waals surface area (Å²) in [6, 6.07) is 4.22. The molecule has 0 spiro atoms. The summed E-state index contributed by atoms with van der Waals surface area (Å²) in [6.45, 7) is 3.18. The number of hydrogen-bond donors (Lipinski definition) is 2. The number of nitrogens with one attached hydrogen (secondary N) is 2. The molecule has 1 fully saturated rings. The van der Waals surface area contributed by atoms with Gasteiger partial charge in [-0.3, -0.25) is 29.8 Å². The zero-order valence-electron chi connectivity index (χ0n) is 16.3. The van der Waals surface area contributed by atoms with E-state index in [-0.39, 0.29) is 49.1 Å². The number of thiocarbonyl (C=S) groups is 1. The minimum atomic E-state index is -0.948. The van der Waals surface area contributed by atoms with E-state index < -0.39 is 28.7 Å². The number of carbonyl (C=O) groups is 3. The van der Waals surface area contributed by atoms with Gasteiger partial charge in [0.25, 0.3) is 11.6 Å². The predicted octanol–water partition coefficient (Wildman–Crippen LogP) is 0.380. The molecule has 1 unspecified atom stereocenters. The molecule has 0 aromatic heterocycles. The van der Waals surface area contributed by atoms with Gasteiger partial charge in [0.15, 0.2) is 5.11 Å². The van der Waals surface area contributed by atoms with Crippen molar-refractivity contribution in [3.8, 4) is 0 Å². The van der Waals surface area contributed by atoms with Gasteiger partial charge in [-0.1, -0.05) is 6.07 Å². The van der Waals surface area contributed by atoms with E-state index in [9.17, 15) is 24.5 Å². The number of nitro groups is 1. The number of nitro benzene ring substituents is 1. The van der Waals surface area contributed by atoms with Crippen molar-refractivity contribution in [2.75, 3.05) is 32.9 Å². The highest BCUT2D eigenvalue weighted by atomic mass is 32.1. The van der Waals surface area contributed by atoms with E-state index in [1.807, 2.05) is 6.92 Å². The third-order valence-corrected chi connectivity index (χ3v) is 4.52. The Morgan fingerprint density at radius 2 is 2.17 bits per heavy atom. The van der Waals surface area contributed by atoms with Crippen molar-refractivity contribution in [2.24, 2.45) is 0 Å². The van der Waals surface area contributed by atoms with Crippen LogP contribution in [0.25, 0.3) is 0 Å². The maximum atomic E-state index is 12.4. The van der Waals surface area contributed by atoms with Gasteiger partial charge < -0.3 is 19.7 Å². The van der Waals surface area contributed by atoms with Gasteiger partial charge in [-0.2, -0.15) is 0 Å². The van der Waals surface area contributed by atoms with Crippen LogP contribution in [-0.4, -0.2) is 71.7 Å². The molecule has 0 bridgehead atoms. The molecule has 11 nitrogen and oxygen atoms in total. The van der Waals surface area contributed by atoms with Crippen LogP contribution in [0.1, 0.15) is 23.7 Å². The quantitative estimate of drug-likeness (QED) is 0.194. The molecule has 1 atom stereocenters. The van der Waals surface area contributed by atoms with Gasteiger partial charge in [0.2, 0.25) is 5.91 Å². The van der Waals surface area contributed by atoms with E-state index in [0.29, 0.717) is 6.61 Å². The van der Waals surface area contributed by atoms with Crippen LogP contribution in [0.5, 0.6) is 0 Å². The third kappa shape index (κ3) is 6.46. The first-order valence-electron chi connectivity index (χ1n) is 9.21. The largest absolute Gasteiger partial charge is 0.463 e. The third-order valence-electron chi connectivity index (χ3n) is 4.19. The summed E-state index contributed by atoms with van der Waals surface area (Å²) in [6.07, 6.45) is -0.259. The first-order chi connectivity index (χ1) is 14.3. The molecule has 162 valence electrons. The molecule has 1 saturated heterocycles. The molecule has 12 heteroatoms. The maximum Gasteiger partial charge on any atom is 0.308 e. The van der Waals surface area contributed by atoms with Crippen LogP contribution in [0.2, 0.25) is 0 Å². The molecule has 0 saturated carbocycles. The highest BCUT2D eigenvalue weighted by Gasteiger charge is 2.34. The number of non-ortho nitro benzene ring substituents is 1. The number of hydrogen-bond acceptors (Lipinski definition) is 8. The summed E-state index contributed by atoms with van der Waals surface area (Å²) in [5.41, 5.74) is -0.196. The van der Waals surface area contributed by atoms with Crippen molar-refractivity contribution < 1.29 is 28.8 Å². The second-order valence-electron chi connectivity index (χ2n) is 6.19. The molecule has 1 aliphatic rings. The SMILES string of the molecule is CCOCCOC(=O)CC1C(=O)NCCN1C(=S)NC(=O)c1cccc([N+](=O)[O-])c1. The van der Waals surface area contributed by atoms with Crippen molar-refractivity contribution >= 4 is 40.8 Å². The van der Waals surface area contributed by atoms with E-state index in [1.54, 1.807) is 0 Å². The second-order valence-corrected chi connectivity index (χ2v) is 6.58. The zero-order chi connectivity index (χ0) is 22.1. The van der Waals surface area contributed by atoms with E-state index in [4.69, 9.17) is 21.7 Å². The fourth-order valence-corrected chi connectivity index (χ4v) is 3.05. The molecule has 2 rings (SSSR count). The first-order valence-corrected chi connectivity index (χ1v) is 9.61. The standard InChI is InChI=1S/C18H22N4O7S/c1-2-28-8-9-29-15(23)11-14-17(25)19-6-7-21(14)18(30)20-16(24)12-4-3-5-13(10-12)22(26)27/h3-5,10,14H,2,6-9,11H2,1H3,(H,19,25)(H,20,24,30). The Morgan fingerprint density at radius 1 is 1.40 bits per heavy atom. The molecule has 1 aromatic rings. The lowest BCUT2D eigenvalue weighted by Gasteiger charge is -2.36. The van der Waals surface area contributed by atoms with Crippen LogP contribution in [0.15, 0.2) is 24.3 Å². The lowest BCUT2D eigenvalue weighted by atomic mass is 10.1. The van der Waals surface area contributed by atoms with E-state index >= 15 is 0 Å². The summed E-state index contributed by atoms with van der Waals surface area (Å²) in [4.78, 5) is 48.4. The average Bonchev–Trinajstić information content (AvgIpc) is 2.72. The Labute approximate surface area is 177 Å².